The van der Waals surface area contributed by atoms with Crippen LogP contribution in [0.15, 0.2) is 60.0 Å². The number of ether oxygens (including phenoxy) is 1. The van der Waals surface area contributed by atoms with Crippen molar-refractivity contribution in [1.29, 1.82) is 0 Å². The zero-order valence-corrected chi connectivity index (χ0v) is 14.3. The maximum absolute atomic E-state index is 13.0. The summed E-state index contributed by atoms with van der Waals surface area (Å²) in [4.78, 5) is 6.80. The zero-order chi connectivity index (χ0) is 16.8. The number of thiazole rings is 1. The van der Waals surface area contributed by atoms with Gasteiger partial charge in [0.1, 0.15) is 23.2 Å². The lowest BCUT2D eigenvalue weighted by molar-refractivity contribution is 0.231. The molecule has 3 aromatic rings. The Labute approximate surface area is 145 Å². The smallest absolute Gasteiger partial charge is 0.123 e. The Balaban J connectivity index is 1.50. The van der Waals surface area contributed by atoms with E-state index in [2.05, 4.69) is 9.88 Å². The maximum atomic E-state index is 13.0. The minimum atomic E-state index is -0.228. The van der Waals surface area contributed by atoms with Crippen LogP contribution >= 0.6 is 11.3 Å². The molecule has 0 bridgehead atoms. The van der Waals surface area contributed by atoms with Crippen molar-refractivity contribution >= 4 is 11.3 Å². The fourth-order valence-electron chi connectivity index (χ4n) is 2.30. The van der Waals surface area contributed by atoms with Crippen molar-refractivity contribution in [3.05, 3.63) is 71.5 Å². The van der Waals surface area contributed by atoms with Crippen LogP contribution in [-0.2, 0) is 6.54 Å². The van der Waals surface area contributed by atoms with Crippen molar-refractivity contribution in [3.63, 3.8) is 0 Å². The van der Waals surface area contributed by atoms with Gasteiger partial charge in [-0.3, -0.25) is 4.90 Å². The number of nitrogens with zero attached hydrogens (tertiary/aromatic N) is 2. The van der Waals surface area contributed by atoms with Crippen LogP contribution < -0.4 is 4.74 Å². The molecule has 0 aliphatic rings. The Bertz CT molecular complexity index is 759. The predicted octanol–water partition coefficient (Wildman–Crippen LogP) is 4.46. The van der Waals surface area contributed by atoms with Crippen LogP contribution in [0.25, 0.3) is 10.6 Å². The van der Waals surface area contributed by atoms with Gasteiger partial charge in [-0.15, -0.1) is 11.3 Å². The van der Waals surface area contributed by atoms with Crippen molar-refractivity contribution in [2.45, 2.75) is 6.54 Å². The van der Waals surface area contributed by atoms with Crippen molar-refractivity contribution in [2.24, 2.45) is 0 Å². The normalized spacial score (nSPS) is 11.0. The highest BCUT2D eigenvalue weighted by Crippen LogP contribution is 2.24. The van der Waals surface area contributed by atoms with Gasteiger partial charge in [-0.2, -0.15) is 0 Å². The SMILES string of the molecule is CN(CCOc1ccccc1)Cc1csc(-c2ccc(F)cc2)n1. The van der Waals surface area contributed by atoms with Crippen LogP contribution in [0, 0.1) is 5.82 Å². The Hall–Kier alpha value is -2.24. The fourth-order valence-corrected chi connectivity index (χ4v) is 3.11. The van der Waals surface area contributed by atoms with Gasteiger partial charge in [0.15, 0.2) is 0 Å². The summed E-state index contributed by atoms with van der Waals surface area (Å²) in [5, 5.41) is 2.96. The van der Waals surface area contributed by atoms with Gasteiger partial charge in [0.05, 0.1) is 5.69 Å². The maximum Gasteiger partial charge on any atom is 0.123 e. The fraction of sp³-hybridized carbons (Fsp3) is 0.211. The molecule has 0 fully saturated rings. The molecular weight excluding hydrogens is 323 g/mol. The van der Waals surface area contributed by atoms with Crippen molar-refractivity contribution < 1.29 is 9.13 Å². The Kier molecular flexibility index (Phi) is 5.56. The standard InChI is InChI=1S/C19H19FN2OS/c1-22(11-12-23-18-5-3-2-4-6-18)13-17-14-24-19(21-17)15-7-9-16(20)10-8-15/h2-10,14H,11-13H2,1H3. The Morgan fingerprint density at radius 2 is 1.83 bits per heavy atom. The summed E-state index contributed by atoms with van der Waals surface area (Å²) in [6.45, 7) is 2.21. The molecule has 0 N–H and O–H groups in total. The summed E-state index contributed by atoms with van der Waals surface area (Å²) in [5.41, 5.74) is 1.96. The number of aromatic nitrogens is 1. The van der Waals surface area contributed by atoms with Gasteiger partial charge in [-0.25, -0.2) is 9.37 Å². The summed E-state index contributed by atoms with van der Waals surface area (Å²) in [7, 11) is 2.05. The topological polar surface area (TPSA) is 25.4 Å². The number of halogens is 1. The van der Waals surface area contributed by atoms with Gasteiger partial charge in [-0.1, -0.05) is 18.2 Å². The van der Waals surface area contributed by atoms with Crippen LogP contribution in [0.3, 0.4) is 0 Å². The van der Waals surface area contributed by atoms with E-state index >= 15 is 0 Å². The third-order valence-electron chi connectivity index (χ3n) is 3.56. The van der Waals surface area contributed by atoms with E-state index in [9.17, 15) is 4.39 Å². The quantitative estimate of drug-likeness (QED) is 0.634. The molecule has 0 spiro atoms. The molecule has 0 atom stereocenters. The van der Waals surface area contributed by atoms with Crippen molar-refractivity contribution in [1.82, 2.24) is 9.88 Å². The first-order valence-electron chi connectivity index (χ1n) is 7.77. The van der Waals surface area contributed by atoms with E-state index in [4.69, 9.17) is 4.74 Å². The van der Waals surface area contributed by atoms with Gasteiger partial charge >= 0.3 is 0 Å². The molecule has 1 aromatic heterocycles. The summed E-state index contributed by atoms with van der Waals surface area (Å²) < 4.78 is 18.7. The van der Waals surface area contributed by atoms with Gasteiger partial charge in [-0.05, 0) is 43.4 Å². The number of hydrogen-bond donors (Lipinski definition) is 0. The average Bonchev–Trinajstić information content (AvgIpc) is 3.05. The summed E-state index contributed by atoms with van der Waals surface area (Å²) in [6.07, 6.45) is 0. The molecule has 0 saturated heterocycles. The second kappa shape index (κ2) is 8.04. The first-order chi connectivity index (χ1) is 11.7. The van der Waals surface area contributed by atoms with E-state index < -0.39 is 0 Å². The predicted molar refractivity (Wildman–Crippen MR) is 95.8 cm³/mol. The Morgan fingerprint density at radius 1 is 1.08 bits per heavy atom. The second-order valence-corrected chi connectivity index (χ2v) is 6.41. The van der Waals surface area contributed by atoms with Gasteiger partial charge < -0.3 is 4.74 Å². The molecule has 124 valence electrons. The molecule has 3 nitrogen and oxygen atoms in total. The van der Waals surface area contributed by atoms with Gasteiger partial charge in [0.25, 0.3) is 0 Å². The van der Waals surface area contributed by atoms with Crippen LogP contribution in [0.2, 0.25) is 0 Å². The van der Waals surface area contributed by atoms with Crippen molar-refractivity contribution in [2.75, 3.05) is 20.2 Å². The molecule has 3 rings (SSSR count). The highest BCUT2D eigenvalue weighted by Gasteiger charge is 2.07. The summed E-state index contributed by atoms with van der Waals surface area (Å²) in [6, 6.07) is 16.2. The molecule has 0 saturated carbocycles. The van der Waals surface area contributed by atoms with E-state index in [-0.39, 0.29) is 5.82 Å². The lowest BCUT2D eigenvalue weighted by Gasteiger charge is -2.15. The molecule has 0 aliphatic carbocycles. The molecule has 0 unspecified atom stereocenters. The number of likely N-dealkylation sites (N-methyl/N-ethyl adjacent to an activating group) is 1. The molecule has 0 aliphatic heterocycles. The number of rotatable bonds is 7. The average molecular weight is 342 g/mol. The van der Waals surface area contributed by atoms with Crippen molar-refractivity contribution in [3.8, 4) is 16.3 Å². The highest BCUT2D eigenvalue weighted by atomic mass is 32.1. The monoisotopic (exact) mass is 342 g/mol. The molecule has 0 amide bonds. The molecule has 0 radical (unpaired) electrons. The van der Waals surface area contributed by atoms with E-state index in [1.807, 2.05) is 42.8 Å². The van der Waals surface area contributed by atoms with E-state index in [1.54, 1.807) is 23.5 Å². The highest BCUT2D eigenvalue weighted by molar-refractivity contribution is 7.13. The van der Waals surface area contributed by atoms with Gasteiger partial charge in [0, 0.05) is 24.0 Å². The molecule has 2 aromatic carbocycles. The number of hydrogen-bond acceptors (Lipinski definition) is 4. The lowest BCUT2D eigenvalue weighted by atomic mass is 10.2. The van der Waals surface area contributed by atoms with Crippen LogP contribution in [0.4, 0.5) is 4.39 Å². The minimum Gasteiger partial charge on any atom is -0.492 e. The van der Waals surface area contributed by atoms with E-state index in [1.165, 1.54) is 12.1 Å². The first kappa shape index (κ1) is 16.6. The van der Waals surface area contributed by atoms with Crippen LogP contribution in [0.5, 0.6) is 5.75 Å². The summed E-state index contributed by atoms with van der Waals surface area (Å²) >= 11 is 1.58. The second-order valence-electron chi connectivity index (χ2n) is 5.55. The van der Waals surface area contributed by atoms with Crippen LogP contribution in [-0.4, -0.2) is 30.1 Å². The molecule has 24 heavy (non-hydrogen) atoms. The number of benzene rings is 2. The first-order valence-corrected chi connectivity index (χ1v) is 8.65. The van der Waals surface area contributed by atoms with E-state index in [0.29, 0.717) is 6.61 Å². The lowest BCUT2D eigenvalue weighted by Crippen LogP contribution is -2.24. The molecular formula is C19H19FN2OS. The van der Waals surface area contributed by atoms with E-state index in [0.717, 1.165) is 35.1 Å². The van der Waals surface area contributed by atoms with Gasteiger partial charge in [0.2, 0.25) is 0 Å². The Morgan fingerprint density at radius 3 is 2.58 bits per heavy atom. The molecule has 1 heterocycles. The number of para-hydroxylation sites is 1. The largest absolute Gasteiger partial charge is 0.492 e. The third kappa shape index (κ3) is 4.63. The van der Waals surface area contributed by atoms with Crippen LogP contribution in [0.1, 0.15) is 5.69 Å². The third-order valence-corrected chi connectivity index (χ3v) is 4.50. The zero-order valence-electron chi connectivity index (χ0n) is 13.5. The minimum absolute atomic E-state index is 0.228. The molecule has 5 heteroatoms. The summed E-state index contributed by atoms with van der Waals surface area (Å²) in [5.74, 6) is 0.659.